The molecule has 0 N–H and O–H groups in total. The van der Waals surface area contributed by atoms with Crippen molar-refractivity contribution in [2.45, 2.75) is 60.3 Å². The van der Waals surface area contributed by atoms with Crippen LogP contribution in [0.4, 0.5) is 5.69 Å². The number of allylic oxidation sites excluding steroid dienone is 2. The molecule has 0 fully saturated rings. The van der Waals surface area contributed by atoms with Gasteiger partial charge in [0.05, 0.1) is 7.11 Å². The first kappa shape index (κ1) is 20.6. The van der Waals surface area contributed by atoms with Crippen LogP contribution in [0.25, 0.3) is 0 Å². The van der Waals surface area contributed by atoms with Crippen LogP contribution in [-0.2, 0) is 0 Å². The molecule has 24 heavy (non-hydrogen) atoms. The van der Waals surface area contributed by atoms with Gasteiger partial charge in [0, 0.05) is 18.8 Å². The summed E-state index contributed by atoms with van der Waals surface area (Å²) < 4.78 is 5.28. The van der Waals surface area contributed by atoms with Gasteiger partial charge < -0.3 is 9.64 Å². The monoisotopic (exact) mass is 331 g/mol. The fraction of sp³-hybridized carbons (Fsp3) is 0.636. The van der Waals surface area contributed by atoms with Gasteiger partial charge in [-0.2, -0.15) is 0 Å². The van der Waals surface area contributed by atoms with Crippen molar-refractivity contribution in [2.75, 3.05) is 25.1 Å². The lowest BCUT2D eigenvalue weighted by molar-refractivity contribution is 0.414. The Morgan fingerprint density at radius 3 is 2.17 bits per heavy atom. The summed E-state index contributed by atoms with van der Waals surface area (Å²) in [6.45, 7) is 13.6. The first-order valence-electron chi connectivity index (χ1n) is 9.44. The van der Waals surface area contributed by atoms with Crippen LogP contribution in [0.3, 0.4) is 0 Å². The molecule has 0 spiro atoms. The van der Waals surface area contributed by atoms with E-state index in [1.54, 1.807) is 7.11 Å². The van der Waals surface area contributed by atoms with E-state index >= 15 is 0 Å². The molecular weight excluding hydrogens is 294 g/mol. The number of hydrogen-bond donors (Lipinski definition) is 0. The molecule has 1 rings (SSSR count). The van der Waals surface area contributed by atoms with Crippen LogP contribution >= 0.6 is 0 Å². The molecule has 0 heterocycles. The summed E-state index contributed by atoms with van der Waals surface area (Å²) in [6.07, 6.45) is 7.33. The Morgan fingerprint density at radius 1 is 1.00 bits per heavy atom. The van der Waals surface area contributed by atoms with E-state index in [1.807, 2.05) is 0 Å². The Kier molecular flexibility index (Phi) is 9.59. The van der Waals surface area contributed by atoms with Crippen molar-refractivity contribution >= 4 is 5.69 Å². The van der Waals surface area contributed by atoms with Crippen LogP contribution < -0.4 is 9.64 Å². The van der Waals surface area contributed by atoms with Crippen molar-refractivity contribution in [1.82, 2.24) is 0 Å². The molecule has 136 valence electrons. The highest BCUT2D eigenvalue weighted by atomic mass is 16.5. The van der Waals surface area contributed by atoms with E-state index in [0.29, 0.717) is 0 Å². The van der Waals surface area contributed by atoms with Gasteiger partial charge in [-0.25, -0.2) is 0 Å². The lowest BCUT2D eigenvalue weighted by Crippen LogP contribution is -2.27. The standard InChI is InChI=1S/C22H37NO/c1-18(2)8-7-9-20(5)15-17-23(16-14-19(3)4)21-10-12-22(24-6)13-11-21/h8,10-13,19-20H,7,9,14-17H2,1-6H3. The van der Waals surface area contributed by atoms with Crippen LogP contribution in [-0.4, -0.2) is 20.2 Å². The van der Waals surface area contributed by atoms with Crippen molar-refractivity contribution in [2.24, 2.45) is 11.8 Å². The van der Waals surface area contributed by atoms with E-state index in [9.17, 15) is 0 Å². The third-order valence-corrected chi connectivity index (χ3v) is 4.52. The zero-order chi connectivity index (χ0) is 17.9. The Morgan fingerprint density at radius 2 is 1.62 bits per heavy atom. The van der Waals surface area contributed by atoms with Gasteiger partial charge in [-0.1, -0.05) is 32.4 Å². The second-order valence-electron chi connectivity index (χ2n) is 7.62. The highest BCUT2D eigenvalue weighted by molar-refractivity contribution is 5.49. The average molecular weight is 332 g/mol. The predicted octanol–water partition coefficient (Wildman–Crippen LogP) is 6.32. The fourth-order valence-electron chi connectivity index (χ4n) is 2.75. The van der Waals surface area contributed by atoms with Crippen molar-refractivity contribution in [3.63, 3.8) is 0 Å². The summed E-state index contributed by atoms with van der Waals surface area (Å²) in [5.41, 5.74) is 2.74. The van der Waals surface area contributed by atoms with E-state index in [1.165, 1.54) is 36.9 Å². The minimum Gasteiger partial charge on any atom is -0.497 e. The lowest BCUT2D eigenvalue weighted by atomic mass is 10.00. The fourth-order valence-corrected chi connectivity index (χ4v) is 2.75. The molecule has 2 heteroatoms. The summed E-state index contributed by atoms with van der Waals surface area (Å²) in [6, 6.07) is 8.51. The van der Waals surface area contributed by atoms with Gasteiger partial charge >= 0.3 is 0 Å². The van der Waals surface area contributed by atoms with Gasteiger partial charge in [0.2, 0.25) is 0 Å². The molecule has 1 unspecified atom stereocenters. The van der Waals surface area contributed by atoms with Gasteiger partial charge in [0.25, 0.3) is 0 Å². The largest absolute Gasteiger partial charge is 0.497 e. The van der Waals surface area contributed by atoms with Gasteiger partial charge in [-0.3, -0.25) is 0 Å². The lowest BCUT2D eigenvalue weighted by Gasteiger charge is -2.27. The maximum absolute atomic E-state index is 5.28. The van der Waals surface area contributed by atoms with E-state index in [2.05, 4.69) is 69.9 Å². The maximum Gasteiger partial charge on any atom is 0.119 e. The average Bonchev–Trinajstić information content (AvgIpc) is 2.54. The Balaban J connectivity index is 2.59. The maximum atomic E-state index is 5.28. The normalized spacial score (nSPS) is 12.1. The minimum atomic E-state index is 0.737. The second kappa shape index (κ2) is 11.2. The zero-order valence-electron chi connectivity index (χ0n) is 16.6. The van der Waals surface area contributed by atoms with Gasteiger partial charge in [-0.15, -0.1) is 0 Å². The summed E-state index contributed by atoms with van der Waals surface area (Å²) in [4.78, 5) is 2.54. The molecule has 0 aromatic heterocycles. The summed E-state index contributed by atoms with van der Waals surface area (Å²) in [7, 11) is 1.72. The van der Waals surface area contributed by atoms with Crippen molar-refractivity contribution in [3.05, 3.63) is 35.9 Å². The highest BCUT2D eigenvalue weighted by Crippen LogP contribution is 2.22. The number of methoxy groups -OCH3 is 1. The zero-order valence-corrected chi connectivity index (χ0v) is 16.6. The first-order valence-corrected chi connectivity index (χ1v) is 9.44. The van der Waals surface area contributed by atoms with E-state index in [4.69, 9.17) is 4.74 Å². The van der Waals surface area contributed by atoms with E-state index in [-0.39, 0.29) is 0 Å². The third-order valence-electron chi connectivity index (χ3n) is 4.52. The molecule has 0 aliphatic heterocycles. The van der Waals surface area contributed by atoms with E-state index in [0.717, 1.165) is 30.7 Å². The van der Waals surface area contributed by atoms with E-state index < -0.39 is 0 Å². The Bertz CT molecular complexity index is 471. The smallest absolute Gasteiger partial charge is 0.119 e. The van der Waals surface area contributed by atoms with Crippen LogP contribution in [0.5, 0.6) is 5.75 Å². The molecule has 2 nitrogen and oxygen atoms in total. The Labute approximate surface area is 149 Å². The summed E-state index contributed by atoms with van der Waals surface area (Å²) in [5.74, 6) is 2.43. The van der Waals surface area contributed by atoms with Crippen molar-refractivity contribution in [1.29, 1.82) is 0 Å². The highest BCUT2D eigenvalue weighted by Gasteiger charge is 2.10. The number of benzene rings is 1. The molecule has 0 saturated carbocycles. The van der Waals surface area contributed by atoms with Gasteiger partial charge in [0.1, 0.15) is 5.75 Å². The number of anilines is 1. The molecule has 0 aliphatic carbocycles. The van der Waals surface area contributed by atoms with Crippen LogP contribution in [0.1, 0.15) is 60.3 Å². The first-order chi connectivity index (χ1) is 11.4. The minimum absolute atomic E-state index is 0.737. The molecular formula is C22H37NO. The number of ether oxygens (including phenoxy) is 1. The summed E-state index contributed by atoms with van der Waals surface area (Å²) in [5, 5.41) is 0. The van der Waals surface area contributed by atoms with Gasteiger partial charge in [0.15, 0.2) is 0 Å². The molecule has 1 atom stereocenters. The number of hydrogen-bond acceptors (Lipinski definition) is 2. The number of nitrogens with zero attached hydrogens (tertiary/aromatic N) is 1. The molecule has 0 bridgehead atoms. The molecule has 0 amide bonds. The Hall–Kier alpha value is -1.44. The van der Waals surface area contributed by atoms with Gasteiger partial charge in [-0.05, 0) is 75.6 Å². The molecule has 0 radical (unpaired) electrons. The van der Waals surface area contributed by atoms with Crippen LogP contribution in [0.2, 0.25) is 0 Å². The van der Waals surface area contributed by atoms with Crippen molar-refractivity contribution in [3.8, 4) is 5.75 Å². The SMILES string of the molecule is COc1ccc(N(CCC(C)C)CCC(C)CCC=C(C)C)cc1. The quantitative estimate of drug-likeness (QED) is 0.440. The molecule has 1 aromatic carbocycles. The second-order valence-corrected chi connectivity index (χ2v) is 7.62. The van der Waals surface area contributed by atoms with Crippen molar-refractivity contribution < 1.29 is 4.74 Å². The summed E-state index contributed by atoms with van der Waals surface area (Å²) >= 11 is 0. The topological polar surface area (TPSA) is 12.5 Å². The number of rotatable bonds is 11. The molecule has 1 aromatic rings. The van der Waals surface area contributed by atoms with Crippen LogP contribution in [0, 0.1) is 11.8 Å². The predicted molar refractivity (Wildman–Crippen MR) is 107 cm³/mol. The van der Waals surface area contributed by atoms with Crippen LogP contribution in [0.15, 0.2) is 35.9 Å². The molecule has 0 aliphatic rings. The third kappa shape index (κ3) is 8.42. The molecule has 0 saturated heterocycles.